The number of aromatic nitrogens is 1. The van der Waals surface area contributed by atoms with Crippen LogP contribution in [0.1, 0.15) is 15.9 Å². The van der Waals surface area contributed by atoms with Gasteiger partial charge in [-0.2, -0.15) is 5.10 Å². The van der Waals surface area contributed by atoms with Gasteiger partial charge in [0, 0.05) is 29.6 Å². The summed E-state index contributed by atoms with van der Waals surface area (Å²) in [5.41, 5.74) is 2.82. The average molecular weight is 330 g/mol. The van der Waals surface area contributed by atoms with Crippen LogP contribution in [-0.4, -0.2) is 36.2 Å². The molecule has 0 unspecified atom stereocenters. The van der Waals surface area contributed by atoms with Gasteiger partial charge in [0.2, 0.25) is 5.75 Å². The monoisotopic (exact) mass is 330 g/mol. The lowest BCUT2D eigenvalue weighted by molar-refractivity contribution is -0.385. The minimum atomic E-state index is -0.589. The summed E-state index contributed by atoms with van der Waals surface area (Å²) in [6.07, 6.45) is 4.24. The van der Waals surface area contributed by atoms with Crippen molar-refractivity contribution in [2.75, 3.05) is 14.2 Å². The molecule has 9 nitrogen and oxygen atoms in total. The van der Waals surface area contributed by atoms with Crippen LogP contribution in [0, 0.1) is 10.1 Å². The van der Waals surface area contributed by atoms with Crippen LogP contribution in [0.15, 0.2) is 41.8 Å². The van der Waals surface area contributed by atoms with Gasteiger partial charge >= 0.3 is 5.69 Å². The molecule has 1 heterocycles. The van der Waals surface area contributed by atoms with Crippen molar-refractivity contribution in [3.8, 4) is 11.5 Å². The minimum absolute atomic E-state index is 0.0143. The molecular formula is C15H14N4O5. The second kappa shape index (κ2) is 7.68. The Kier molecular flexibility index (Phi) is 5.40. The zero-order valence-corrected chi connectivity index (χ0v) is 12.9. The van der Waals surface area contributed by atoms with Gasteiger partial charge in [-0.1, -0.05) is 0 Å². The van der Waals surface area contributed by atoms with E-state index in [9.17, 15) is 14.9 Å². The summed E-state index contributed by atoms with van der Waals surface area (Å²) in [4.78, 5) is 26.2. The average Bonchev–Trinajstić information content (AvgIpc) is 2.61. The van der Waals surface area contributed by atoms with E-state index < -0.39 is 10.8 Å². The van der Waals surface area contributed by atoms with Crippen LogP contribution in [-0.2, 0) is 0 Å². The molecule has 1 N–H and O–H groups in total. The number of hydrogen-bond acceptors (Lipinski definition) is 7. The number of nitro benzene ring substituents is 1. The zero-order valence-electron chi connectivity index (χ0n) is 12.9. The summed E-state index contributed by atoms with van der Waals surface area (Å²) in [5, 5.41) is 14.9. The van der Waals surface area contributed by atoms with Gasteiger partial charge < -0.3 is 9.47 Å². The number of methoxy groups -OCH3 is 2. The van der Waals surface area contributed by atoms with Crippen molar-refractivity contribution in [2.24, 2.45) is 5.10 Å². The van der Waals surface area contributed by atoms with Gasteiger partial charge in [-0.25, -0.2) is 5.43 Å². The third-order valence-electron chi connectivity index (χ3n) is 3.00. The molecule has 0 aliphatic rings. The van der Waals surface area contributed by atoms with E-state index >= 15 is 0 Å². The Morgan fingerprint density at radius 1 is 1.29 bits per heavy atom. The predicted octanol–water partition coefficient (Wildman–Crippen LogP) is 1.77. The smallest absolute Gasteiger partial charge is 0.315 e. The van der Waals surface area contributed by atoms with Crippen LogP contribution in [0.25, 0.3) is 0 Å². The molecule has 9 heteroatoms. The van der Waals surface area contributed by atoms with Gasteiger partial charge in [-0.3, -0.25) is 19.9 Å². The molecule has 0 aliphatic carbocycles. The third-order valence-corrected chi connectivity index (χ3v) is 3.00. The number of nitrogens with zero attached hydrogens (tertiary/aromatic N) is 3. The Morgan fingerprint density at radius 3 is 2.58 bits per heavy atom. The van der Waals surface area contributed by atoms with Crippen molar-refractivity contribution in [1.29, 1.82) is 0 Å². The van der Waals surface area contributed by atoms with Gasteiger partial charge in [0.05, 0.1) is 25.4 Å². The first kappa shape index (κ1) is 16.9. The Hall–Kier alpha value is -3.49. The highest BCUT2D eigenvalue weighted by atomic mass is 16.6. The van der Waals surface area contributed by atoms with Crippen LogP contribution < -0.4 is 14.9 Å². The summed E-state index contributed by atoms with van der Waals surface area (Å²) in [7, 11) is 2.68. The lowest BCUT2D eigenvalue weighted by Gasteiger charge is -2.08. The summed E-state index contributed by atoms with van der Waals surface area (Å²) in [6.45, 7) is 0. The van der Waals surface area contributed by atoms with E-state index in [1.807, 2.05) is 0 Å². The Labute approximate surface area is 137 Å². The van der Waals surface area contributed by atoms with Crippen LogP contribution in [0.3, 0.4) is 0 Å². The standard InChI is InChI=1S/C15H14N4O5/c1-23-13-8-10(7-12(19(21)22)14(13)24-2)9-17-18-15(20)11-3-5-16-6-4-11/h3-9H,1-2H3,(H,18,20)/b17-9-. The van der Waals surface area contributed by atoms with Crippen LogP contribution >= 0.6 is 0 Å². The Morgan fingerprint density at radius 2 is 2.00 bits per heavy atom. The number of hydrazone groups is 1. The molecule has 0 spiro atoms. The van der Waals surface area contributed by atoms with Gasteiger partial charge in [0.25, 0.3) is 5.91 Å². The number of carbonyl (C=O) groups is 1. The van der Waals surface area contributed by atoms with E-state index in [-0.39, 0.29) is 17.2 Å². The van der Waals surface area contributed by atoms with E-state index in [0.29, 0.717) is 11.1 Å². The number of rotatable bonds is 6. The van der Waals surface area contributed by atoms with Crippen LogP contribution in [0.2, 0.25) is 0 Å². The molecule has 2 aromatic rings. The number of nitro groups is 1. The SMILES string of the molecule is COc1cc(/C=N\NC(=O)c2ccncc2)cc([N+](=O)[O-])c1OC. The molecule has 1 aromatic carbocycles. The molecule has 0 fully saturated rings. The molecule has 0 atom stereocenters. The zero-order chi connectivity index (χ0) is 17.5. The quantitative estimate of drug-likeness (QED) is 0.490. The topological polar surface area (TPSA) is 116 Å². The Balaban J connectivity index is 2.21. The fraction of sp³-hybridized carbons (Fsp3) is 0.133. The number of carbonyl (C=O) groups excluding carboxylic acids is 1. The number of nitrogens with one attached hydrogen (secondary N) is 1. The molecule has 0 aliphatic heterocycles. The van der Waals surface area contributed by atoms with Gasteiger partial charge in [-0.15, -0.1) is 0 Å². The van der Waals surface area contributed by atoms with Crippen molar-refractivity contribution in [2.45, 2.75) is 0 Å². The lowest BCUT2D eigenvalue weighted by Crippen LogP contribution is -2.17. The van der Waals surface area contributed by atoms with Crippen molar-refractivity contribution < 1.29 is 19.2 Å². The van der Waals surface area contributed by atoms with E-state index in [1.165, 1.54) is 57.1 Å². The summed E-state index contributed by atoms with van der Waals surface area (Å²) >= 11 is 0. The normalized spacial score (nSPS) is 10.4. The largest absolute Gasteiger partial charge is 0.493 e. The van der Waals surface area contributed by atoms with Gasteiger partial charge in [0.15, 0.2) is 5.75 Å². The lowest BCUT2D eigenvalue weighted by atomic mass is 10.2. The highest BCUT2D eigenvalue weighted by molar-refractivity contribution is 5.94. The van der Waals surface area contributed by atoms with Gasteiger partial charge in [-0.05, 0) is 18.2 Å². The maximum absolute atomic E-state index is 11.8. The number of benzene rings is 1. The summed E-state index contributed by atoms with van der Waals surface area (Å²) < 4.78 is 10.1. The number of hydrogen-bond donors (Lipinski definition) is 1. The molecular weight excluding hydrogens is 316 g/mol. The summed E-state index contributed by atoms with van der Waals surface area (Å²) in [5.74, 6) is -0.224. The summed E-state index contributed by atoms with van der Waals surface area (Å²) in [6, 6.07) is 5.84. The number of amides is 1. The molecule has 124 valence electrons. The van der Waals surface area contributed by atoms with E-state index in [1.54, 1.807) is 0 Å². The second-order valence-corrected chi connectivity index (χ2v) is 4.47. The Bertz CT molecular complexity index is 777. The maximum Gasteiger partial charge on any atom is 0.315 e. The number of ether oxygens (including phenoxy) is 2. The minimum Gasteiger partial charge on any atom is -0.493 e. The van der Waals surface area contributed by atoms with Crippen molar-refractivity contribution in [3.05, 3.63) is 57.9 Å². The maximum atomic E-state index is 11.8. The first-order valence-corrected chi connectivity index (χ1v) is 6.70. The van der Waals surface area contributed by atoms with E-state index in [2.05, 4.69) is 15.5 Å². The first-order valence-electron chi connectivity index (χ1n) is 6.70. The molecule has 1 amide bonds. The number of pyridine rings is 1. The fourth-order valence-electron chi connectivity index (χ4n) is 1.91. The molecule has 1 aromatic heterocycles. The highest BCUT2D eigenvalue weighted by Gasteiger charge is 2.21. The first-order chi connectivity index (χ1) is 11.6. The van der Waals surface area contributed by atoms with Crippen molar-refractivity contribution >= 4 is 17.8 Å². The molecule has 24 heavy (non-hydrogen) atoms. The molecule has 2 rings (SSSR count). The molecule has 0 bridgehead atoms. The fourth-order valence-corrected chi connectivity index (χ4v) is 1.91. The molecule has 0 radical (unpaired) electrons. The predicted molar refractivity (Wildman–Crippen MR) is 85.5 cm³/mol. The van der Waals surface area contributed by atoms with Crippen molar-refractivity contribution in [1.82, 2.24) is 10.4 Å². The van der Waals surface area contributed by atoms with Crippen LogP contribution in [0.5, 0.6) is 11.5 Å². The van der Waals surface area contributed by atoms with Crippen molar-refractivity contribution in [3.63, 3.8) is 0 Å². The van der Waals surface area contributed by atoms with E-state index in [4.69, 9.17) is 9.47 Å². The van der Waals surface area contributed by atoms with E-state index in [0.717, 1.165) is 0 Å². The molecule has 0 saturated carbocycles. The highest BCUT2D eigenvalue weighted by Crippen LogP contribution is 2.37. The van der Waals surface area contributed by atoms with Crippen LogP contribution in [0.4, 0.5) is 5.69 Å². The third kappa shape index (κ3) is 3.83. The van der Waals surface area contributed by atoms with Gasteiger partial charge in [0.1, 0.15) is 0 Å². The second-order valence-electron chi connectivity index (χ2n) is 4.47. The molecule has 0 saturated heterocycles.